The zero-order valence-electron chi connectivity index (χ0n) is 26.1. The van der Waals surface area contributed by atoms with Crippen molar-refractivity contribution in [2.24, 2.45) is 33.5 Å². The van der Waals surface area contributed by atoms with Gasteiger partial charge in [-0.25, -0.2) is 0 Å². The largest absolute Gasteiger partial charge is 0.381 e. The van der Waals surface area contributed by atoms with E-state index in [1.807, 2.05) is 7.11 Å². The van der Waals surface area contributed by atoms with Crippen LogP contribution in [0.3, 0.4) is 0 Å². The minimum absolute atomic E-state index is 0.464. The summed E-state index contributed by atoms with van der Waals surface area (Å²) in [4.78, 5) is 0. The first-order valence-electron chi connectivity index (χ1n) is 17.8. The van der Waals surface area contributed by atoms with E-state index in [1.54, 1.807) is 0 Å². The smallest absolute Gasteiger partial charge is 0.0580 e. The predicted octanol–water partition coefficient (Wildman–Crippen LogP) is 9.65. The van der Waals surface area contributed by atoms with Gasteiger partial charge in [0.2, 0.25) is 0 Å². The second-order valence-corrected chi connectivity index (χ2v) is 15.3. The summed E-state index contributed by atoms with van der Waals surface area (Å²) < 4.78 is 19.4. The molecule has 0 bridgehead atoms. The lowest BCUT2D eigenvalue weighted by molar-refractivity contribution is -0.258. The first-order chi connectivity index (χ1) is 19.1. The Kier molecular flexibility index (Phi) is 8.82. The highest BCUT2D eigenvalue weighted by Gasteiger charge is 2.76. The molecular formula is C36H62O3. The molecule has 6 aliphatic carbocycles. The van der Waals surface area contributed by atoms with E-state index in [0.717, 1.165) is 31.5 Å². The Morgan fingerprint density at radius 2 is 1.23 bits per heavy atom. The molecule has 6 unspecified atom stereocenters. The van der Waals surface area contributed by atoms with Gasteiger partial charge < -0.3 is 14.2 Å². The van der Waals surface area contributed by atoms with Crippen LogP contribution in [0, 0.1) is 33.5 Å². The molecule has 6 fully saturated rings. The van der Waals surface area contributed by atoms with Gasteiger partial charge >= 0.3 is 0 Å². The molecule has 6 atom stereocenters. The van der Waals surface area contributed by atoms with Crippen molar-refractivity contribution in [3.63, 3.8) is 0 Å². The lowest BCUT2D eigenvalue weighted by Gasteiger charge is -2.73. The third-order valence-electron chi connectivity index (χ3n) is 14.1. The molecule has 0 radical (unpaired) electrons. The van der Waals surface area contributed by atoms with Crippen molar-refractivity contribution in [3.8, 4) is 0 Å². The van der Waals surface area contributed by atoms with E-state index in [2.05, 4.69) is 13.8 Å². The van der Waals surface area contributed by atoms with Crippen LogP contribution in [0.25, 0.3) is 0 Å². The Bertz CT molecular complexity index is 793. The molecule has 0 spiro atoms. The molecule has 0 N–H and O–H groups in total. The first kappa shape index (κ1) is 29.0. The van der Waals surface area contributed by atoms with Crippen molar-refractivity contribution in [2.75, 3.05) is 20.3 Å². The number of hydrogen-bond acceptors (Lipinski definition) is 3. The molecule has 0 aliphatic heterocycles. The zero-order valence-corrected chi connectivity index (χ0v) is 26.1. The van der Waals surface area contributed by atoms with Gasteiger partial charge in [0, 0.05) is 20.3 Å². The molecule has 0 amide bonds. The SMILES string of the molecule is CCCOC1CCCC(C2CCCC2)(C2(C3(C4(C5CCCC(OC)C5)CC4)CCCC(OCC)C3)CCC2)C1. The summed E-state index contributed by atoms with van der Waals surface area (Å²) in [5.74, 6) is 1.80. The highest BCUT2D eigenvalue weighted by atomic mass is 16.5. The Morgan fingerprint density at radius 3 is 1.87 bits per heavy atom. The van der Waals surface area contributed by atoms with E-state index in [-0.39, 0.29) is 0 Å². The minimum atomic E-state index is 0.464. The molecule has 0 aromatic heterocycles. The van der Waals surface area contributed by atoms with E-state index in [4.69, 9.17) is 14.2 Å². The average molecular weight is 543 g/mol. The van der Waals surface area contributed by atoms with Crippen LogP contribution in [-0.2, 0) is 14.2 Å². The molecule has 0 heterocycles. The molecule has 3 nitrogen and oxygen atoms in total. The van der Waals surface area contributed by atoms with Gasteiger partial charge in [-0.15, -0.1) is 0 Å². The second-order valence-electron chi connectivity index (χ2n) is 15.3. The number of methoxy groups -OCH3 is 1. The molecule has 3 heteroatoms. The summed E-state index contributed by atoms with van der Waals surface area (Å²) in [6.45, 7) is 6.38. The summed E-state index contributed by atoms with van der Waals surface area (Å²) in [6.07, 6.45) is 32.6. The van der Waals surface area contributed by atoms with Crippen LogP contribution >= 0.6 is 0 Å². The Balaban J connectivity index is 1.45. The Labute approximate surface area is 241 Å². The van der Waals surface area contributed by atoms with Crippen LogP contribution in [0.5, 0.6) is 0 Å². The molecule has 0 aromatic carbocycles. The highest BCUT2D eigenvalue weighted by molar-refractivity contribution is 5.25. The van der Waals surface area contributed by atoms with Crippen LogP contribution < -0.4 is 0 Å². The molecule has 224 valence electrons. The van der Waals surface area contributed by atoms with E-state index in [0.29, 0.717) is 40.0 Å². The monoisotopic (exact) mass is 542 g/mol. The predicted molar refractivity (Wildman–Crippen MR) is 160 cm³/mol. The fourth-order valence-electron chi connectivity index (χ4n) is 12.6. The number of rotatable bonds is 11. The van der Waals surface area contributed by atoms with Crippen LogP contribution in [0.1, 0.15) is 155 Å². The standard InChI is InChI=1S/C36H62O3/c1-4-24-39-31-16-9-18-34(26-31,28-12-6-7-13-28)35(20-11-21-35)36(19-10-17-32(27-36)38-5-2)33(22-23-33)29-14-8-15-30(25-29)37-3/h28-32H,4-27H2,1-3H3. The summed E-state index contributed by atoms with van der Waals surface area (Å²) >= 11 is 0. The Hall–Kier alpha value is -0.120. The van der Waals surface area contributed by atoms with E-state index in [9.17, 15) is 0 Å². The van der Waals surface area contributed by atoms with Crippen molar-refractivity contribution in [1.82, 2.24) is 0 Å². The third kappa shape index (κ3) is 4.70. The fourth-order valence-corrected chi connectivity index (χ4v) is 12.6. The summed E-state index contributed by atoms with van der Waals surface area (Å²) in [5, 5.41) is 0. The van der Waals surface area contributed by atoms with Gasteiger partial charge in [-0.1, -0.05) is 45.4 Å². The molecule has 0 aromatic rings. The molecule has 6 rings (SSSR count). The van der Waals surface area contributed by atoms with Gasteiger partial charge in [-0.2, -0.15) is 0 Å². The average Bonchev–Trinajstić information content (AvgIpc) is 3.58. The van der Waals surface area contributed by atoms with Crippen LogP contribution in [0.2, 0.25) is 0 Å². The van der Waals surface area contributed by atoms with E-state index >= 15 is 0 Å². The maximum absolute atomic E-state index is 6.70. The van der Waals surface area contributed by atoms with Gasteiger partial charge in [0.05, 0.1) is 18.3 Å². The molecule has 0 saturated heterocycles. The maximum atomic E-state index is 6.70. The van der Waals surface area contributed by atoms with Crippen molar-refractivity contribution in [1.29, 1.82) is 0 Å². The van der Waals surface area contributed by atoms with E-state index < -0.39 is 0 Å². The molecule has 6 aliphatic rings. The van der Waals surface area contributed by atoms with E-state index in [1.165, 1.54) is 135 Å². The highest BCUT2D eigenvalue weighted by Crippen LogP contribution is 2.83. The maximum Gasteiger partial charge on any atom is 0.0580 e. The van der Waals surface area contributed by atoms with Gasteiger partial charge in [0.1, 0.15) is 0 Å². The third-order valence-corrected chi connectivity index (χ3v) is 14.1. The van der Waals surface area contributed by atoms with Gasteiger partial charge in [-0.05, 0) is 143 Å². The van der Waals surface area contributed by atoms with Crippen molar-refractivity contribution in [3.05, 3.63) is 0 Å². The van der Waals surface area contributed by atoms with Crippen molar-refractivity contribution >= 4 is 0 Å². The van der Waals surface area contributed by atoms with Gasteiger partial charge in [0.25, 0.3) is 0 Å². The Morgan fingerprint density at radius 1 is 0.564 bits per heavy atom. The van der Waals surface area contributed by atoms with Crippen LogP contribution in [0.15, 0.2) is 0 Å². The molecule has 39 heavy (non-hydrogen) atoms. The van der Waals surface area contributed by atoms with Crippen LogP contribution in [-0.4, -0.2) is 38.6 Å². The normalized spacial score (nSPS) is 42.2. The van der Waals surface area contributed by atoms with Crippen molar-refractivity contribution < 1.29 is 14.2 Å². The topological polar surface area (TPSA) is 27.7 Å². The lowest BCUT2D eigenvalue weighted by atomic mass is 9.31. The number of ether oxygens (including phenoxy) is 3. The quantitative estimate of drug-likeness (QED) is 0.260. The van der Waals surface area contributed by atoms with Gasteiger partial charge in [0.15, 0.2) is 0 Å². The second kappa shape index (κ2) is 11.9. The summed E-state index contributed by atoms with van der Waals surface area (Å²) in [6, 6.07) is 0. The van der Waals surface area contributed by atoms with Gasteiger partial charge in [-0.3, -0.25) is 0 Å². The summed E-state index contributed by atoms with van der Waals surface area (Å²) in [5.41, 5.74) is 2.02. The van der Waals surface area contributed by atoms with Crippen molar-refractivity contribution in [2.45, 2.75) is 173 Å². The zero-order chi connectivity index (χ0) is 27.0. The lowest BCUT2D eigenvalue weighted by Crippen LogP contribution is -2.67. The van der Waals surface area contributed by atoms with Crippen LogP contribution in [0.4, 0.5) is 0 Å². The summed E-state index contributed by atoms with van der Waals surface area (Å²) in [7, 11) is 1.98. The fraction of sp³-hybridized carbons (Fsp3) is 1.00. The molecular weight excluding hydrogens is 480 g/mol. The molecule has 6 saturated carbocycles. The first-order valence-corrected chi connectivity index (χ1v) is 17.8. The minimum Gasteiger partial charge on any atom is -0.381 e. The number of hydrogen-bond donors (Lipinski definition) is 0.